The van der Waals surface area contributed by atoms with Crippen LogP contribution in [0, 0.1) is 23.7 Å². The van der Waals surface area contributed by atoms with Crippen LogP contribution in [0.25, 0.3) is 0 Å². The zero-order valence-electron chi connectivity index (χ0n) is 71.5. The van der Waals surface area contributed by atoms with E-state index in [0.717, 1.165) is 114 Å². The van der Waals surface area contributed by atoms with Crippen molar-refractivity contribution in [1.29, 1.82) is 0 Å². The second-order valence-electron chi connectivity index (χ2n) is 33.9. The van der Waals surface area contributed by atoms with Gasteiger partial charge in [-0.3, -0.25) is 37.3 Å². The van der Waals surface area contributed by atoms with E-state index in [-0.39, 0.29) is 25.7 Å². The number of phosphoric acid groups is 2. The van der Waals surface area contributed by atoms with Crippen molar-refractivity contribution in [3.8, 4) is 0 Å². The van der Waals surface area contributed by atoms with E-state index in [0.29, 0.717) is 31.6 Å². The highest BCUT2D eigenvalue weighted by Gasteiger charge is 2.31. The van der Waals surface area contributed by atoms with Crippen molar-refractivity contribution in [2.75, 3.05) is 39.6 Å². The van der Waals surface area contributed by atoms with E-state index in [4.69, 9.17) is 37.0 Å². The molecule has 0 aliphatic heterocycles. The fourth-order valence-corrected chi connectivity index (χ4v) is 15.4. The Balaban J connectivity index is 5.22. The van der Waals surface area contributed by atoms with Crippen molar-refractivity contribution in [1.82, 2.24) is 0 Å². The normalized spacial score (nSPS) is 13.9. The molecule has 0 saturated heterocycles. The number of carbonyl (C=O) groups excluding carboxylic acids is 4. The molecule has 642 valence electrons. The molecule has 0 radical (unpaired) electrons. The predicted molar refractivity (Wildman–Crippen MR) is 446 cm³/mol. The first-order valence-corrected chi connectivity index (χ1v) is 48.7. The van der Waals surface area contributed by atoms with Crippen LogP contribution in [0.2, 0.25) is 0 Å². The van der Waals surface area contributed by atoms with Gasteiger partial charge in [0.1, 0.15) is 19.3 Å². The number of rotatable bonds is 86. The Morgan fingerprint density at radius 2 is 0.389 bits per heavy atom. The standard InChI is InChI=1S/C89H174O17P2/c1-79(2)65-57-49-41-34-28-22-16-11-9-10-12-19-25-31-37-45-53-61-69-86(91)99-75-84(105-88(93)71-63-55-46-38-32-26-20-14-13-17-23-29-35-42-50-58-66-80(3)4)77-103-107(95,96)101-73-83(90)74-102-108(97,98)104-78-85(76-100-87(92)70-62-54-48-40-44-52-60-68-82(7)8)106-89(94)72-64-56-47-39-33-27-21-15-18-24-30-36-43-51-59-67-81(5)6/h79-85,90H,9-78H2,1-8H3,(H,95,96)(H,97,98)/t83?,84-,85-/m1/s1. The third-order valence-corrected chi connectivity index (χ3v) is 22.7. The number of aliphatic hydroxyl groups excluding tert-OH is 1. The Bertz CT molecular complexity index is 2090. The molecule has 0 rings (SSSR count). The number of unbranched alkanes of at least 4 members (excludes halogenated alkanes) is 52. The van der Waals surface area contributed by atoms with Crippen LogP contribution in [-0.4, -0.2) is 96.7 Å². The van der Waals surface area contributed by atoms with Crippen molar-refractivity contribution in [2.24, 2.45) is 23.7 Å². The van der Waals surface area contributed by atoms with Crippen molar-refractivity contribution in [2.45, 2.75) is 485 Å². The number of ether oxygens (including phenoxy) is 4. The Labute approximate surface area is 664 Å². The molecule has 5 atom stereocenters. The molecule has 0 aromatic rings. The number of phosphoric ester groups is 2. The molecule has 0 amide bonds. The van der Waals surface area contributed by atoms with Gasteiger partial charge in [-0.1, -0.05) is 415 Å². The molecule has 0 aliphatic rings. The molecule has 3 unspecified atom stereocenters. The molecule has 19 heteroatoms. The summed E-state index contributed by atoms with van der Waals surface area (Å²) < 4.78 is 69.0. The summed E-state index contributed by atoms with van der Waals surface area (Å²) in [6.07, 6.45) is 68.2. The van der Waals surface area contributed by atoms with Crippen LogP contribution >= 0.6 is 15.6 Å². The van der Waals surface area contributed by atoms with E-state index in [1.807, 2.05) is 0 Å². The smallest absolute Gasteiger partial charge is 0.462 e. The fraction of sp³-hybridized carbons (Fsp3) is 0.955. The molecular weight excluding hydrogens is 1400 g/mol. The second-order valence-corrected chi connectivity index (χ2v) is 36.8. The summed E-state index contributed by atoms with van der Waals surface area (Å²) in [6.45, 7) is 14.3. The lowest BCUT2D eigenvalue weighted by Gasteiger charge is -2.21. The molecule has 3 N–H and O–H groups in total. The van der Waals surface area contributed by atoms with Crippen LogP contribution in [0.15, 0.2) is 0 Å². The summed E-state index contributed by atoms with van der Waals surface area (Å²) in [5.74, 6) is 1.04. The molecule has 108 heavy (non-hydrogen) atoms. The third-order valence-electron chi connectivity index (χ3n) is 20.8. The Morgan fingerprint density at radius 3 is 0.574 bits per heavy atom. The molecule has 0 saturated carbocycles. The lowest BCUT2D eigenvalue weighted by Crippen LogP contribution is -2.30. The first kappa shape index (κ1) is 106. The monoisotopic (exact) mass is 1580 g/mol. The minimum atomic E-state index is -4.97. The highest BCUT2D eigenvalue weighted by atomic mass is 31.2. The van der Waals surface area contributed by atoms with E-state index in [1.54, 1.807) is 0 Å². The van der Waals surface area contributed by atoms with Crippen molar-refractivity contribution in [3.05, 3.63) is 0 Å². The van der Waals surface area contributed by atoms with Crippen LogP contribution in [0.3, 0.4) is 0 Å². The van der Waals surface area contributed by atoms with Crippen molar-refractivity contribution in [3.63, 3.8) is 0 Å². The van der Waals surface area contributed by atoms with Gasteiger partial charge >= 0.3 is 39.5 Å². The van der Waals surface area contributed by atoms with Crippen LogP contribution in [0.4, 0.5) is 0 Å². The van der Waals surface area contributed by atoms with Gasteiger partial charge in [0.15, 0.2) is 12.2 Å². The van der Waals surface area contributed by atoms with Gasteiger partial charge in [-0.15, -0.1) is 0 Å². The zero-order valence-corrected chi connectivity index (χ0v) is 73.3. The minimum Gasteiger partial charge on any atom is -0.462 e. The average Bonchev–Trinajstić information content (AvgIpc) is 0.899. The molecule has 0 aromatic carbocycles. The Morgan fingerprint density at radius 1 is 0.231 bits per heavy atom. The van der Waals surface area contributed by atoms with Gasteiger partial charge in [0.2, 0.25) is 0 Å². The minimum absolute atomic E-state index is 0.107. The maximum atomic E-state index is 13.2. The first-order valence-electron chi connectivity index (χ1n) is 45.7. The molecule has 0 aliphatic carbocycles. The van der Waals surface area contributed by atoms with Gasteiger partial charge in [-0.05, 0) is 49.4 Å². The van der Waals surface area contributed by atoms with Gasteiger partial charge in [0.05, 0.1) is 26.4 Å². The molecular formula is C89H174O17P2. The maximum absolute atomic E-state index is 13.2. The van der Waals surface area contributed by atoms with Crippen LogP contribution in [0.1, 0.15) is 466 Å². The summed E-state index contributed by atoms with van der Waals surface area (Å²) in [5, 5.41) is 10.7. The number of hydrogen-bond acceptors (Lipinski definition) is 15. The van der Waals surface area contributed by atoms with E-state index in [1.165, 1.54) is 263 Å². The second kappa shape index (κ2) is 77.6. The Hall–Kier alpha value is -1.94. The number of carbonyl (C=O) groups is 4. The lowest BCUT2D eigenvalue weighted by atomic mass is 10.0. The van der Waals surface area contributed by atoms with E-state index >= 15 is 0 Å². The third kappa shape index (κ3) is 82.1. The van der Waals surface area contributed by atoms with E-state index in [2.05, 4.69) is 55.4 Å². The van der Waals surface area contributed by atoms with Gasteiger partial charge in [-0.2, -0.15) is 0 Å². The van der Waals surface area contributed by atoms with Gasteiger partial charge in [-0.25, -0.2) is 9.13 Å². The van der Waals surface area contributed by atoms with Gasteiger partial charge in [0, 0.05) is 25.7 Å². The summed E-state index contributed by atoms with van der Waals surface area (Å²) >= 11 is 0. The fourth-order valence-electron chi connectivity index (χ4n) is 13.8. The van der Waals surface area contributed by atoms with Crippen LogP contribution in [0.5, 0.6) is 0 Å². The number of aliphatic hydroxyl groups is 1. The molecule has 0 heterocycles. The van der Waals surface area contributed by atoms with Crippen LogP contribution in [-0.2, 0) is 65.4 Å². The molecule has 17 nitrogen and oxygen atoms in total. The number of esters is 4. The zero-order chi connectivity index (χ0) is 79.5. The highest BCUT2D eigenvalue weighted by molar-refractivity contribution is 7.47. The molecule has 0 bridgehead atoms. The largest absolute Gasteiger partial charge is 0.472 e. The molecule has 0 fully saturated rings. The highest BCUT2D eigenvalue weighted by Crippen LogP contribution is 2.45. The van der Waals surface area contributed by atoms with Gasteiger partial charge < -0.3 is 33.8 Å². The molecule has 0 spiro atoms. The van der Waals surface area contributed by atoms with E-state index < -0.39 is 97.5 Å². The topological polar surface area (TPSA) is 237 Å². The number of hydrogen-bond donors (Lipinski definition) is 3. The summed E-state index contributed by atoms with van der Waals surface area (Å²) in [6, 6.07) is 0. The average molecular weight is 1580 g/mol. The van der Waals surface area contributed by atoms with Crippen molar-refractivity contribution < 1.29 is 80.2 Å². The Kier molecular flexibility index (Phi) is 76.2. The summed E-state index contributed by atoms with van der Waals surface area (Å²) in [5.41, 5.74) is 0. The van der Waals surface area contributed by atoms with Crippen molar-refractivity contribution >= 4 is 39.5 Å². The molecule has 0 aromatic heterocycles. The van der Waals surface area contributed by atoms with Crippen LogP contribution < -0.4 is 0 Å². The maximum Gasteiger partial charge on any atom is 0.472 e. The van der Waals surface area contributed by atoms with E-state index in [9.17, 15) is 43.2 Å². The van der Waals surface area contributed by atoms with Gasteiger partial charge in [0.25, 0.3) is 0 Å². The summed E-state index contributed by atoms with van der Waals surface area (Å²) in [4.78, 5) is 73.3. The predicted octanol–water partition coefficient (Wildman–Crippen LogP) is 27.1. The summed E-state index contributed by atoms with van der Waals surface area (Å²) in [7, 11) is -9.93. The first-order chi connectivity index (χ1) is 52.1. The lowest BCUT2D eigenvalue weighted by molar-refractivity contribution is -0.161. The SMILES string of the molecule is CC(C)CCCCCCCCCCCCCCCCCCCCC(=O)OC[C@H](COP(=O)(O)OCC(O)COP(=O)(O)OC[C@@H](COC(=O)CCCCCCCCCC(C)C)OC(=O)CCCCCCCCCCCCCCCCCC(C)C)OC(=O)CCCCCCCCCCCCCCCCCCC(C)C. The quantitative estimate of drug-likeness (QED) is 0.0222.